The van der Waals surface area contributed by atoms with E-state index in [1.807, 2.05) is 0 Å². The molecule has 1 aromatic rings. The number of nitrogens with zero attached hydrogens (tertiary/aromatic N) is 2. The molecule has 0 bridgehead atoms. The van der Waals surface area contributed by atoms with Crippen LogP contribution < -0.4 is 5.73 Å². The Morgan fingerprint density at radius 2 is 2.29 bits per heavy atom. The van der Waals surface area contributed by atoms with Gasteiger partial charge >= 0.3 is 0 Å². The SMILES string of the molecule is COCC1C[C@H]2CSC(N)=N[C@@]2(c2cc(C#N)c(F)cc2F)CO1. The zero-order valence-corrected chi connectivity index (χ0v) is 13.9. The van der Waals surface area contributed by atoms with Crippen molar-refractivity contribution in [2.75, 3.05) is 26.1 Å². The third-order valence-corrected chi connectivity index (χ3v) is 5.46. The fourth-order valence-electron chi connectivity index (χ4n) is 3.31. The highest BCUT2D eigenvalue weighted by molar-refractivity contribution is 8.13. The van der Waals surface area contributed by atoms with Crippen LogP contribution in [0.1, 0.15) is 17.5 Å². The Kier molecular flexibility index (Phi) is 4.76. The summed E-state index contributed by atoms with van der Waals surface area (Å²) in [6, 6.07) is 3.70. The van der Waals surface area contributed by atoms with Crippen molar-refractivity contribution < 1.29 is 18.3 Å². The summed E-state index contributed by atoms with van der Waals surface area (Å²) in [4.78, 5) is 4.49. The lowest BCUT2D eigenvalue weighted by atomic mass is 9.74. The Bertz CT molecular complexity index is 722. The first-order chi connectivity index (χ1) is 11.5. The van der Waals surface area contributed by atoms with Crippen molar-refractivity contribution in [2.45, 2.75) is 18.1 Å². The van der Waals surface area contributed by atoms with Crippen molar-refractivity contribution in [3.63, 3.8) is 0 Å². The van der Waals surface area contributed by atoms with Gasteiger partial charge in [0.05, 0.1) is 24.9 Å². The lowest BCUT2D eigenvalue weighted by Gasteiger charge is -2.46. The number of aliphatic imine (C=N–C) groups is 1. The Balaban J connectivity index is 2.08. The van der Waals surface area contributed by atoms with Crippen molar-refractivity contribution in [3.05, 3.63) is 34.9 Å². The summed E-state index contributed by atoms with van der Waals surface area (Å²) in [5.74, 6) is -1.02. The molecule has 1 aromatic carbocycles. The van der Waals surface area contributed by atoms with Crippen LogP contribution in [0, 0.1) is 28.9 Å². The Morgan fingerprint density at radius 1 is 1.50 bits per heavy atom. The smallest absolute Gasteiger partial charge is 0.154 e. The maximum atomic E-state index is 14.5. The molecule has 0 amide bonds. The summed E-state index contributed by atoms with van der Waals surface area (Å²) in [6.07, 6.45) is 0.512. The lowest BCUT2D eigenvalue weighted by Crippen LogP contribution is -2.51. The molecule has 0 spiro atoms. The minimum Gasteiger partial charge on any atom is -0.382 e. The van der Waals surface area contributed by atoms with Gasteiger partial charge in [-0.25, -0.2) is 13.8 Å². The van der Waals surface area contributed by atoms with Gasteiger partial charge in [-0.05, 0) is 12.5 Å². The standard InChI is InChI=1S/C16H17F2N3O2S/c1-22-6-11-3-10-7-24-15(20)21-16(10,8-23-11)12-2-9(5-19)13(17)4-14(12)18/h2,4,10-11H,3,6-8H2,1H3,(H2,20,21)/t10-,11?,16-/m0/s1. The second kappa shape index (κ2) is 6.67. The minimum atomic E-state index is -1.04. The van der Waals surface area contributed by atoms with E-state index in [2.05, 4.69) is 4.99 Å². The van der Waals surface area contributed by atoms with Crippen LogP contribution in [-0.2, 0) is 15.0 Å². The second-order valence-corrected chi connectivity index (χ2v) is 6.97. The average molecular weight is 353 g/mol. The predicted octanol–water partition coefficient (Wildman–Crippen LogP) is 2.14. The number of fused-ring (bicyclic) bond motifs is 1. The molecule has 2 aliphatic rings. The molecule has 3 atom stereocenters. The van der Waals surface area contributed by atoms with Crippen molar-refractivity contribution in [3.8, 4) is 6.07 Å². The summed E-state index contributed by atoms with van der Waals surface area (Å²) in [5.41, 5.74) is 4.78. The van der Waals surface area contributed by atoms with E-state index in [9.17, 15) is 8.78 Å². The zero-order chi connectivity index (χ0) is 17.3. The molecule has 8 heteroatoms. The molecule has 2 N–H and O–H groups in total. The number of ether oxygens (including phenoxy) is 2. The van der Waals surface area contributed by atoms with Gasteiger partial charge in [-0.3, -0.25) is 0 Å². The van der Waals surface area contributed by atoms with Crippen LogP contribution in [0.25, 0.3) is 0 Å². The molecule has 0 aromatic heterocycles. The van der Waals surface area contributed by atoms with Gasteiger partial charge in [0.1, 0.15) is 23.2 Å². The third-order valence-electron chi connectivity index (χ3n) is 4.50. The van der Waals surface area contributed by atoms with Gasteiger partial charge < -0.3 is 15.2 Å². The van der Waals surface area contributed by atoms with Crippen LogP contribution in [0.3, 0.4) is 0 Å². The quantitative estimate of drug-likeness (QED) is 0.900. The normalized spacial score (nSPS) is 29.5. The molecule has 0 saturated carbocycles. The van der Waals surface area contributed by atoms with Crippen LogP contribution >= 0.6 is 11.8 Å². The number of halogens is 2. The van der Waals surface area contributed by atoms with E-state index in [1.165, 1.54) is 17.8 Å². The third kappa shape index (κ3) is 2.88. The molecular formula is C16H17F2N3O2S. The number of hydrogen-bond acceptors (Lipinski definition) is 6. The number of nitrogens with two attached hydrogens (primary N) is 1. The van der Waals surface area contributed by atoms with Gasteiger partial charge in [0.2, 0.25) is 0 Å². The van der Waals surface area contributed by atoms with E-state index in [0.717, 1.165) is 6.07 Å². The molecule has 2 aliphatic heterocycles. The molecule has 1 fully saturated rings. The maximum Gasteiger partial charge on any atom is 0.154 e. The van der Waals surface area contributed by atoms with Crippen LogP contribution in [0.5, 0.6) is 0 Å². The summed E-state index contributed by atoms with van der Waals surface area (Å²) < 4.78 is 39.2. The monoisotopic (exact) mass is 353 g/mol. The zero-order valence-electron chi connectivity index (χ0n) is 13.1. The van der Waals surface area contributed by atoms with Crippen LogP contribution in [0.15, 0.2) is 17.1 Å². The Labute approximate surface area is 142 Å². The molecule has 0 aliphatic carbocycles. The average Bonchev–Trinajstić information content (AvgIpc) is 2.55. The van der Waals surface area contributed by atoms with Gasteiger partial charge in [-0.2, -0.15) is 5.26 Å². The van der Waals surface area contributed by atoms with Gasteiger partial charge in [0.25, 0.3) is 0 Å². The minimum absolute atomic E-state index is 0.0461. The molecule has 1 unspecified atom stereocenters. The van der Waals surface area contributed by atoms with Crippen molar-refractivity contribution in [1.82, 2.24) is 0 Å². The highest BCUT2D eigenvalue weighted by Gasteiger charge is 2.49. The number of nitriles is 1. The molecule has 5 nitrogen and oxygen atoms in total. The first-order valence-corrected chi connectivity index (χ1v) is 8.47. The van der Waals surface area contributed by atoms with Crippen molar-refractivity contribution >= 4 is 16.9 Å². The van der Waals surface area contributed by atoms with E-state index >= 15 is 0 Å². The van der Waals surface area contributed by atoms with E-state index in [-0.39, 0.29) is 29.8 Å². The van der Waals surface area contributed by atoms with Crippen LogP contribution in [-0.4, -0.2) is 37.3 Å². The first kappa shape index (κ1) is 17.1. The van der Waals surface area contributed by atoms with E-state index in [1.54, 1.807) is 13.2 Å². The summed E-state index contributed by atoms with van der Waals surface area (Å²) in [6.45, 7) is 0.548. The molecule has 24 heavy (non-hydrogen) atoms. The van der Waals surface area contributed by atoms with Gasteiger partial charge in [0.15, 0.2) is 5.17 Å². The molecule has 0 radical (unpaired) electrons. The number of benzene rings is 1. The number of amidine groups is 1. The van der Waals surface area contributed by atoms with Crippen LogP contribution in [0.2, 0.25) is 0 Å². The molecule has 1 saturated heterocycles. The summed E-state index contributed by atoms with van der Waals surface area (Å²) >= 11 is 1.41. The van der Waals surface area contributed by atoms with Gasteiger partial charge in [-0.1, -0.05) is 11.8 Å². The van der Waals surface area contributed by atoms with Gasteiger partial charge in [-0.15, -0.1) is 0 Å². The van der Waals surface area contributed by atoms with E-state index < -0.39 is 17.2 Å². The highest BCUT2D eigenvalue weighted by Crippen LogP contribution is 2.46. The Morgan fingerprint density at radius 3 is 3.00 bits per heavy atom. The molecule has 3 rings (SSSR count). The molecular weight excluding hydrogens is 336 g/mol. The van der Waals surface area contributed by atoms with Crippen molar-refractivity contribution in [2.24, 2.45) is 16.6 Å². The number of methoxy groups -OCH3 is 1. The van der Waals surface area contributed by atoms with E-state index in [0.29, 0.717) is 23.9 Å². The van der Waals surface area contributed by atoms with Crippen molar-refractivity contribution in [1.29, 1.82) is 5.26 Å². The maximum absolute atomic E-state index is 14.5. The summed E-state index contributed by atoms with van der Waals surface area (Å²) in [5, 5.41) is 9.40. The van der Waals surface area contributed by atoms with E-state index in [4.69, 9.17) is 20.5 Å². The largest absolute Gasteiger partial charge is 0.382 e. The number of hydrogen-bond donors (Lipinski definition) is 1. The lowest BCUT2D eigenvalue weighted by molar-refractivity contribution is -0.0837. The Hall–Kier alpha value is -1.69. The highest BCUT2D eigenvalue weighted by atomic mass is 32.2. The van der Waals surface area contributed by atoms with Gasteiger partial charge in [0, 0.05) is 30.4 Å². The predicted molar refractivity (Wildman–Crippen MR) is 86.6 cm³/mol. The molecule has 128 valence electrons. The fraction of sp³-hybridized carbons (Fsp3) is 0.500. The fourth-order valence-corrected chi connectivity index (χ4v) is 4.32. The second-order valence-electron chi connectivity index (χ2n) is 5.93. The molecule has 2 heterocycles. The first-order valence-electron chi connectivity index (χ1n) is 7.48. The van der Waals surface area contributed by atoms with Crippen LogP contribution in [0.4, 0.5) is 8.78 Å². The summed E-state index contributed by atoms with van der Waals surface area (Å²) in [7, 11) is 1.59. The number of rotatable bonds is 3. The number of thioether (sulfide) groups is 1. The topological polar surface area (TPSA) is 80.6 Å².